The number of rotatable bonds is 7. The molecule has 222 valence electrons. The van der Waals surface area contributed by atoms with Crippen molar-refractivity contribution in [2.24, 2.45) is 0 Å². The zero-order valence-corrected chi connectivity index (χ0v) is 25.4. The number of nitrogens with zero attached hydrogens (tertiary/aromatic N) is 6. The zero-order valence-electron chi connectivity index (χ0n) is 24.6. The Morgan fingerprint density at radius 2 is 1.67 bits per heavy atom. The van der Waals surface area contributed by atoms with Crippen LogP contribution in [-0.2, 0) is 10.3 Å². The van der Waals surface area contributed by atoms with Crippen molar-refractivity contribution in [3.05, 3.63) is 84.1 Å². The molecule has 0 saturated carbocycles. The van der Waals surface area contributed by atoms with E-state index in [1.54, 1.807) is 0 Å². The normalized spacial score (nSPS) is 17.5. The van der Waals surface area contributed by atoms with Gasteiger partial charge in [-0.15, -0.1) is 17.5 Å². The number of nitrogens with one attached hydrogen (secondary N) is 1. The number of carbonyl (C=O) groups is 1. The summed E-state index contributed by atoms with van der Waals surface area (Å²) in [7, 11) is 5.87. The van der Waals surface area contributed by atoms with Gasteiger partial charge in [-0.2, -0.15) is 4.98 Å². The fraction of sp³-hybridized carbons (Fsp3) is 0.406. The van der Waals surface area contributed by atoms with Crippen molar-refractivity contribution in [3.63, 3.8) is 0 Å². The second kappa shape index (κ2) is 12.7. The Balaban J connectivity index is 0.00000353. The zero-order chi connectivity index (χ0) is 28.4. The summed E-state index contributed by atoms with van der Waals surface area (Å²) >= 11 is 0. The standard InChI is InChI=1S/C32H39N7O2.ClH/c1-36-20-15-27(16-21-36)37(2)30(40)24-11-13-26(14-12-24)33-31-34-29-28(10-7-19-39(29)35-31)38-22-17-32(41-3,18-23-38)25-8-5-4-6-9-25;/h4-14,19,27H,15-18,20-23H2,1-3H3,(H,33,35);1H. The van der Waals surface area contributed by atoms with Gasteiger partial charge in [0.2, 0.25) is 5.95 Å². The Kier molecular flexibility index (Phi) is 9.01. The molecule has 2 saturated heterocycles. The lowest BCUT2D eigenvalue weighted by Crippen LogP contribution is -2.44. The monoisotopic (exact) mass is 589 g/mol. The van der Waals surface area contributed by atoms with Gasteiger partial charge < -0.3 is 24.8 Å². The van der Waals surface area contributed by atoms with Crippen molar-refractivity contribution in [3.8, 4) is 0 Å². The van der Waals surface area contributed by atoms with E-state index < -0.39 is 0 Å². The molecule has 42 heavy (non-hydrogen) atoms. The highest BCUT2D eigenvalue weighted by molar-refractivity contribution is 5.94. The van der Waals surface area contributed by atoms with E-state index in [1.807, 2.05) is 66.2 Å². The number of benzene rings is 2. The molecule has 1 N–H and O–H groups in total. The second-order valence-corrected chi connectivity index (χ2v) is 11.3. The number of pyridine rings is 1. The summed E-state index contributed by atoms with van der Waals surface area (Å²) in [6, 6.07) is 22.5. The van der Waals surface area contributed by atoms with Crippen LogP contribution >= 0.6 is 12.4 Å². The van der Waals surface area contributed by atoms with E-state index in [4.69, 9.17) is 9.72 Å². The molecule has 0 unspecified atom stereocenters. The number of likely N-dealkylation sites (tertiary alicyclic amines) is 1. The number of halogens is 1. The second-order valence-electron chi connectivity index (χ2n) is 11.3. The minimum absolute atomic E-state index is 0. The maximum absolute atomic E-state index is 13.1. The van der Waals surface area contributed by atoms with E-state index >= 15 is 0 Å². The molecule has 1 amide bonds. The minimum atomic E-state index is -0.265. The topological polar surface area (TPSA) is 78.2 Å². The summed E-state index contributed by atoms with van der Waals surface area (Å²) in [5, 5.41) is 7.99. The van der Waals surface area contributed by atoms with E-state index in [2.05, 4.69) is 57.6 Å². The van der Waals surface area contributed by atoms with Crippen LogP contribution < -0.4 is 10.2 Å². The number of methoxy groups -OCH3 is 1. The summed E-state index contributed by atoms with van der Waals surface area (Å²) in [4.78, 5) is 24.5. The molecule has 0 radical (unpaired) electrons. The Labute approximate surface area is 253 Å². The first-order chi connectivity index (χ1) is 20.0. The molecule has 2 fully saturated rings. The third-order valence-corrected chi connectivity index (χ3v) is 8.89. The van der Waals surface area contributed by atoms with Gasteiger partial charge in [0, 0.05) is 50.7 Å². The molecule has 0 aliphatic carbocycles. The molecule has 6 rings (SSSR count). The van der Waals surface area contributed by atoms with Crippen LogP contribution in [0, 0.1) is 0 Å². The molecule has 9 nitrogen and oxygen atoms in total. The fourth-order valence-corrected chi connectivity index (χ4v) is 6.23. The number of fused-ring (bicyclic) bond motifs is 1. The molecule has 10 heteroatoms. The maximum atomic E-state index is 13.1. The lowest BCUT2D eigenvalue weighted by Gasteiger charge is -2.42. The van der Waals surface area contributed by atoms with Crippen LogP contribution in [0.15, 0.2) is 72.9 Å². The third-order valence-electron chi connectivity index (χ3n) is 8.89. The van der Waals surface area contributed by atoms with Crippen LogP contribution in [0.2, 0.25) is 0 Å². The van der Waals surface area contributed by atoms with Crippen molar-refractivity contribution in [1.29, 1.82) is 0 Å². The molecule has 4 aromatic rings. The molecule has 2 aliphatic heterocycles. The largest absolute Gasteiger partial charge is 0.373 e. The highest BCUT2D eigenvalue weighted by Crippen LogP contribution is 2.38. The number of amides is 1. The Hall–Kier alpha value is -3.66. The summed E-state index contributed by atoms with van der Waals surface area (Å²) < 4.78 is 7.90. The molecule has 0 atom stereocenters. The van der Waals surface area contributed by atoms with Crippen LogP contribution in [0.5, 0.6) is 0 Å². The molecule has 0 spiro atoms. The van der Waals surface area contributed by atoms with E-state index in [0.29, 0.717) is 11.5 Å². The first-order valence-corrected chi connectivity index (χ1v) is 14.5. The number of aromatic nitrogens is 3. The number of piperidine rings is 2. The summed E-state index contributed by atoms with van der Waals surface area (Å²) in [6.45, 7) is 3.77. The van der Waals surface area contributed by atoms with Crippen molar-refractivity contribution >= 4 is 41.3 Å². The average Bonchev–Trinajstić information content (AvgIpc) is 3.44. The molecule has 4 heterocycles. The van der Waals surface area contributed by atoms with Crippen molar-refractivity contribution in [1.82, 2.24) is 24.4 Å². The van der Waals surface area contributed by atoms with Gasteiger partial charge in [-0.1, -0.05) is 30.3 Å². The van der Waals surface area contributed by atoms with E-state index in [9.17, 15) is 4.79 Å². The summed E-state index contributed by atoms with van der Waals surface area (Å²) in [5.41, 5.74) is 4.37. The van der Waals surface area contributed by atoms with Gasteiger partial charge in [-0.05, 0) is 87.8 Å². The summed E-state index contributed by atoms with van der Waals surface area (Å²) in [5.74, 6) is 0.584. The predicted molar refractivity (Wildman–Crippen MR) is 169 cm³/mol. The molecule has 2 aliphatic rings. The third kappa shape index (κ3) is 5.95. The van der Waals surface area contributed by atoms with Gasteiger partial charge >= 0.3 is 0 Å². The van der Waals surface area contributed by atoms with Crippen LogP contribution in [0.3, 0.4) is 0 Å². The fourth-order valence-electron chi connectivity index (χ4n) is 6.23. The Bertz CT molecular complexity index is 1480. The van der Waals surface area contributed by atoms with Gasteiger partial charge in [-0.3, -0.25) is 4.79 Å². The lowest BCUT2D eigenvalue weighted by molar-refractivity contribution is -0.0346. The van der Waals surface area contributed by atoms with Crippen LogP contribution in [0.4, 0.5) is 17.3 Å². The molecule has 2 aromatic heterocycles. The number of carbonyl (C=O) groups excluding carboxylic acids is 1. The van der Waals surface area contributed by atoms with E-state index in [1.165, 1.54) is 5.56 Å². The first kappa shape index (κ1) is 29.8. The van der Waals surface area contributed by atoms with Gasteiger partial charge in [0.25, 0.3) is 5.91 Å². The highest BCUT2D eigenvalue weighted by atomic mass is 35.5. The van der Waals surface area contributed by atoms with Gasteiger partial charge in [0.15, 0.2) is 5.65 Å². The van der Waals surface area contributed by atoms with Gasteiger partial charge in [-0.25, -0.2) is 4.52 Å². The average molecular weight is 590 g/mol. The molecular weight excluding hydrogens is 550 g/mol. The highest BCUT2D eigenvalue weighted by Gasteiger charge is 2.36. The smallest absolute Gasteiger partial charge is 0.253 e. The van der Waals surface area contributed by atoms with Crippen LogP contribution in [-0.4, -0.2) is 83.7 Å². The first-order valence-electron chi connectivity index (χ1n) is 14.5. The van der Waals surface area contributed by atoms with Crippen LogP contribution in [0.25, 0.3) is 5.65 Å². The predicted octanol–water partition coefficient (Wildman–Crippen LogP) is 5.20. The van der Waals surface area contributed by atoms with Crippen molar-refractivity contribution in [2.45, 2.75) is 37.3 Å². The minimum Gasteiger partial charge on any atom is -0.373 e. The van der Waals surface area contributed by atoms with E-state index in [0.717, 1.165) is 68.9 Å². The molecule has 2 aromatic carbocycles. The number of ether oxygens (including phenoxy) is 1. The van der Waals surface area contributed by atoms with Gasteiger partial charge in [0.1, 0.15) is 0 Å². The number of hydrogen-bond acceptors (Lipinski definition) is 7. The Morgan fingerprint density at radius 3 is 2.33 bits per heavy atom. The number of hydrogen-bond donors (Lipinski definition) is 1. The van der Waals surface area contributed by atoms with Crippen LogP contribution in [0.1, 0.15) is 41.6 Å². The quantitative estimate of drug-likeness (QED) is 0.317. The molecule has 0 bridgehead atoms. The maximum Gasteiger partial charge on any atom is 0.253 e. The van der Waals surface area contributed by atoms with Crippen molar-refractivity contribution < 1.29 is 9.53 Å². The Morgan fingerprint density at radius 1 is 0.976 bits per heavy atom. The SMILES string of the molecule is COC1(c2ccccc2)CCN(c2cccn3nc(Nc4ccc(C(=O)N(C)C5CCN(C)CC5)cc4)nc23)CC1.Cl. The van der Waals surface area contributed by atoms with Crippen molar-refractivity contribution in [2.75, 3.05) is 57.6 Å². The number of anilines is 3. The lowest BCUT2D eigenvalue weighted by atomic mass is 9.84. The summed E-state index contributed by atoms with van der Waals surface area (Å²) in [6.07, 6.45) is 5.73. The van der Waals surface area contributed by atoms with Gasteiger partial charge in [0.05, 0.1) is 11.3 Å². The molecular formula is C32H40ClN7O2. The van der Waals surface area contributed by atoms with E-state index in [-0.39, 0.29) is 30.0 Å².